The van der Waals surface area contributed by atoms with Crippen molar-refractivity contribution in [2.24, 2.45) is 0 Å². The molecule has 3 N–H and O–H groups in total. The molecule has 9 heteroatoms. The van der Waals surface area contributed by atoms with E-state index >= 15 is 0 Å². The molecule has 1 heterocycles. The fraction of sp³-hybridized carbons (Fsp3) is 0.500. The van der Waals surface area contributed by atoms with E-state index in [1.165, 1.54) is 0 Å². The molecule has 4 rings (SSSR count). The summed E-state index contributed by atoms with van der Waals surface area (Å²) in [5.74, 6) is 0. The van der Waals surface area contributed by atoms with Crippen molar-refractivity contribution >= 4 is 0 Å². The van der Waals surface area contributed by atoms with Gasteiger partial charge in [0.05, 0.1) is 16.6 Å². The third-order valence-electron chi connectivity index (χ3n) is 12.1. The second-order valence-corrected chi connectivity index (χ2v) is 16.2. The van der Waals surface area contributed by atoms with Crippen molar-refractivity contribution in [3.63, 3.8) is 0 Å². The Balaban J connectivity index is 2.14. The van der Waals surface area contributed by atoms with Crippen LogP contribution in [-0.2, 0) is 16.6 Å². The fourth-order valence-electron chi connectivity index (χ4n) is 7.35. The summed E-state index contributed by atoms with van der Waals surface area (Å²) in [7, 11) is 0. The Morgan fingerprint density at radius 1 is 0.392 bits per heavy atom. The minimum Gasteiger partial charge on any atom is -0.386 e. The van der Waals surface area contributed by atoms with Gasteiger partial charge in [-0.05, 0) is 171 Å². The van der Waals surface area contributed by atoms with Gasteiger partial charge in [-0.3, -0.25) is 0 Å². The lowest BCUT2D eigenvalue weighted by molar-refractivity contribution is 0.0122. The van der Waals surface area contributed by atoms with Crippen LogP contribution in [0.1, 0.15) is 127 Å². The van der Waals surface area contributed by atoms with E-state index in [2.05, 4.69) is 0 Å². The summed E-state index contributed by atoms with van der Waals surface area (Å²) in [4.78, 5) is 44.6. The van der Waals surface area contributed by atoms with E-state index in [1.807, 2.05) is 80.5 Å². The quantitative estimate of drug-likeness (QED) is 0.187. The lowest BCUT2D eigenvalue weighted by Gasteiger charge is -2.40. The molecule has 0 radical (unpaired) electrons. The first-order chi connectivity index (χ1) is 23.3. The van der Waals surface area contributed by atoms with Crippen LogP contribution in [0.3, 0.4) is 0 Å². The van der Waals surface area contributed by atoms with E-state index in [1.54, 1.807) is 59.7 Å². The van der Waals surface area contributed by atoms with Gasteiger partial charge in [0.1, 0.15) is 18.3 Å². The molecule has 0 saturated carbocycles. The zero-order valence-corrected chi connectivity index (χ0v) is 33.1. The SMILES string of the molecule is Cc1ccc(C(O)C(C)(C)n2c(=O)n(C(C)(C)C(O)c3ccc(C)c(C)c3C)c(=O)n(C(C)(C)C(O)c3ccc(C)c(C)c3C)c2=O)c(C)c1C. The molecule has 3 aromatic carbocycles. The standard InChI is InChI=1S/C42H57N3O6/c1-22-16-19-31(28(7)25(22)4)34(46)40(10,11)43-37(49)44(41(12,13)35(47)32-20-17-23(2)26(5)29(32)8)39(51)45(38(43)50)42(14,15)36(48)33-21-18-24(3)27(6)30(33)9/h16-21,34-36,46-48H,1-15H3. The highest BCUT2D eigenvalue weighted by atomic mass is 16.3. The molecule has 0 saturated heterocycles. The summed E-state index contributed by atoms with van der Waals surface area (Å²) in [5.41, 5.74) is 2.31. The predicted octanol–water partition coefficient (Wildman–Crippen LogP) is 6.35. The number of aliphatic hydroxyl groups is 3. The van der Waals surface area contributed by atoms with E-state index in [9.17, 15) is 29.7 Å². The molecule has 9 nitrogen and oxygen atoms in total. The Morgan fingerprint density at radius 3 is 0.784 bits per heavy atom. The molecular weight excluding hydrogens is 642 g/mol. The smallest absolute Gasteiger partial charge is 0.337 e. The zero-order chi connectivity index (χ0) is 38.9. The van der Waals surface area contributed by atoms with Crippen LogP contribution in [-0.4, -0.2) is 29.0 Å². The lowest BCUT2D eigenvalue weighted by atomic mass is 9.85. The van der Waals surface area contributed by atoms with Crippen molar-refractivity contribution in [3.05, 3.63) is 135 Å². The summed E-state index contributed by atoms with van der Waals surface area (Å²) in [6, 6.07) is 11.0. The molecule has 0 fully saturated rings. The summed E-state index contributed by atoms with van der Waals surface area (Å²) in [6.45, 7) is 26.9. The van der Waals surface area contributed by atoms with Crippen molar-refractivity contribution < 1.29 is 15.3 Å². The average Bonchev–Trinajstić information content (AvgIpc) is 3.04. The van der Waals surface area contributed by atoms with Crippen LogP contribution in [0.2, 0.25) is 0 Å². The lowest BCUT2D eigenvalue weighted by Crippen LogP contribution is -2.67. The molecule has 0 spiro atoms. The maximum Gasteiger partial charge on any atom is 0.337 e. The van der Waals surface area contributed by atoms with Gasteiger partial charge in [-0.1, -0.05) is 36.4 Å². The molecule has 0 aliphatic rings. The van der Waals surface area contributed by atoms with Crippen LogP contribution < -0.4 is 17.1 Å². The molecule has 0 aliphatic heterocycles. The van der Waals surface area contributed by atoms with Gasteiger partial charge in [0.2, 0.25) is 0 Å². The molecule has 3 unspecified atom stereocenters. The van der Waals surface area contributed by atoms with Crippen molar-refractivity contribution in [1.29, 1.82) is 0 Å². The molecule has 51 heavy (non-hydrogen) atoms. The molecule has 3 atom stereocenters. The van der Waals surface area contributed by atoms with E-state index in [0.717, 1.165) is 63.8 Å². The van der Waals surface area contributed by atoms with Crippen LogP contribution in [0, 0.1) is 62.3 Å². The molecule has 4 aromatic rings. The molecule has 0 bridgehead atoms. The summed E-state index contributed by atoms with van der Waals surface area (Å²) in [5, 5.41) is 36.2. The van der Waals surface area contributed by atoms with Crippen LogP contribution in [0.15, 0.2) is 50.8 Å². The predicted molar refractivity (Wildman–Crippen MR) is 204 cm³/mol. The normalized spacial score (nSPS) is 14.5. The summed E-state index contributed by atoms with van der Waals surface area (Å²) < 4.78 is 2.74. The Kier molecular flexibility index (Phi) is 10.5. The number of hydrogen-bond donors (Lipinski definition) is 3. The molecular formula is C42H57N3O6. The van der Waals surface area contributed by atoms with Gasteiger partial charge in [0.25, 0.3) is 0 Å². The highest BCUT2D eigenvalue weighted by molar-refractivity contribution is 5.43. The van der Waals surface area contributed by atoms with Crippen molar-refractivity contribution in [1.82, 2.24) is 13.7 Å². The van der Waals surface area contributed by atoms with Crippen LogP contribution in [0.4, 0.5) is 0 Å². The van der Waals surface area contributed by atoms with Gasteiger partial charge in [0, 0.05) is 0 Å². The van der Waals surface area contributed by atoms with E-state index < -0.39 is 52.0 Å². The monoisotopic (exact) mass is 699 g/mol. The summed E-state index contributed by atoms with van der Waals surface area (Å²) in [6.07, 6.45) is -4.06. The van der Waals surface area contributed by atoms with Gasteiger partial charge in [0.15, 0.2) is 0 Å². The Labute approximate surface area is 301 Å². The number of rotatable bonds is 9. The van der Waals surface area contributed by atoms with Gasteiger partial charge in [-0.15, -0.1) is 0 Å². The van der Waals surface area contributed by atoms with Crippen LogP contribution in [0.5, 0.6) is 0 Å². The summed E-state index contributed by atoms with van der Waals surface area (Å²) >= 11 is 0. The molecule has 0 amide bonds. The number of benzene rings is 3. The third-order valence-corrected chi connectivity index (χ3v) is 12.1. The van der Waals surface area contributed by atoms with Crippen molar-refractivity contribution in [2.45, 2.75) is 139 Å². The highest BCUT2D eigenvalue weighted by Crippen LogP contribution is 2.38. The van der Waals surface area contributed by atoms with Gasteiger partial charge in [-0.2, -0.15) is 0 Å². The number of aliphatic hydroxyl groups excluding tert-OH is 3. The Morgan fingerprint density at radius 2 is 0.588 bits per heavy atom. The fourth-order valence-corrected chi connectivity index (χ4v) is 7.35. The third kappa shape index (κ3) is 6.27. The number of aryl methyl sites for hydroxylation is 3. The van der Waals surface area contributed by atoms with Crippen LogP contribution in [0.25, 0.3) is 0 Å². The Bertz CT molecular complexity index is 1920. The number of nitrogens with zero attached hydrogens (tertiary/aromatic N) is 3. The van der Waals surface area contributed by atoms with E-state index in [4.69, 9.17) is 0 Å². The number of hydrogen-bond acceptors (Lipinski definition) is 6. The first-order valence-electron chi connectivity index (χ1n) is 17.6. The average molecular weight is 700 g/mol. The second kappa shape index (κ2) is 13.5. The van der Waals surface area contributed by atoms with Crippen molar-refractivity contribution in [2.75, 3.05) is 0 Å². The van der Waals surface area contributed by atoms with E-state index in [0.29, 0.717) is 16.7 Å². The maximum absolute atomic E-state index is 14.9. The zero-order valence-electron chi connectivity index (χ0n) is 33.1. The van der Waals surface area contributed by atoms with E-state index in [-0.39, 0.29) is 0 Å². The highest BCUT2D eigenvalue weighted by Gasteiger charge is 2.45. The number of aromatic nitrogens is 3. The largest absolute Gasteiger partial charge is 0.386 e. The maximum atomic E-state index is 14.9. The van der Waals surface area contributed by atoms with Crippen molar-refractivity contribution in [3.8, 4) is 0 Å². The molecule has 1 aromatic heterocycles. The van der Waals surface area contributed by atoms with Gasteiger partial charge < -0.3 is 15.3 Å². The van der Waals surface area contributed by atoms with Gasteiger partial charge in [-0.25, -0.2) is 28.1 Å². The Hall–Kier alpha value is -4.05. The van der Waals surface area contributed by atoms with Gasteiger partial charge >= 0.3 is 17.1 Å². The minimum atomic E-state index is -1.60. The minimum absolute atomic E-state index is 0.536. The molecule has 0 aliphatic carbocycles. The molecule has 276 valence electrons. The first-order valence-corrected chi connectivity index (χ1v) is 17.6. The first kappa shape index (κ1) is 39.7. The topological polar surface area (TPSA) is 127 Å². The second-order valence-electron chi connectivity index (χ2n) is 16.2. The van der Waals surface area contributed by atoms with Crippen LogP contribution >= 0.6 is 0 Å².